The molecule has 1 saturated carbocycles. The summed E-state index contributed by atoms with van der Waals surface area (Å²) < 4.78 is 0. The Labute approximate surface area is 107 Å². The van der Waals surface area contributed by atoms with Crippen LogP contribution in [0.15, 0.2) is 24.3 Å². The summed E-state index contributed by atoms with van der Waals surface area (Å²) in [6, 6.07) is 7.42. The summed E-state index contributed by atoms with van der Waals surface area (Å²) in [6.45, 7) is 2.27. The number of amides is 1. The molecule has 0 atom stereocenters. The maximum atomic E-state index is 12.0. The second-order valence-electron chi connectivity index (χ2n) is 4.94. The molecule has 0 radical (unpaired) electrons. The van der Waals surface area contributed by atoms with E-state index >= 15 is 0 Å². The minimum atomic E-state index is -0.00736. The van der Waals surface area contributed by atoms with Crippen LogP contribution in [0.5, 0.6) is 0 Å². The molecule has 2 nitrogen and oxygen atoms in total. The SMILES string of the molecule is CC1CCC(NC(=O)c2cccc(Cl)c2)CC1. The molecule has 0 saturated heterocycles. The fraction of sp³-hybridized carbons (Fsp3) is 0.500. The molecule has 0 bridgehead atoms. The molecule has 1 aromatic carbocycles. The normalized spacial score (nSPS) is 24.4. The van der Waals surface area contributed by atoms with Crippen molar-refractivity contribution in [3.05, 3.63) is 34.9 Å². The number of hydrogen-bond acceptors (Lipinski definition) is 1. The Morgan fingerprint density at radius 1 is 1.29 bits per heavy atom. The summed E-state index contributed by atoms with van der Waals surface area (Å²) in [5, 5.41) is 3.69. The zero-order valence-corrected chi connectivity index (χ0v) is 10.8. The van der Waals surface area contributed by atoms with Crippen molar-refractivity contribution in [1.82, 2.24) is 5.32 Å². The van der Waals surface area contributed by atoms with Gasteiger partial charge in [0.1, 0.15) is 0 Å². The van der Waals surface area contributed by atoms with Crippen LogP contribution >= 0.6 is 11.6 Å². The smallest absolute Gasteiger partial charge is 0.251 e. The van der Waals surface area contributed by atoms with E-state index in [-0.39, 0.29) is 5.91 Å². The Morgan fingerprint density at radius 3 is 2.65 bits per heavy atom. The number of halogens is 1. The summed E-state index contributed by atoms with van der Waals surface area (Å²) in [4.78, 5) is 12.0. The standard InChI is InChI=1S/C14H18ClNO/c1-10-5-7-13(8-6-10)16-14(17)11-3-2-4-12(15)9-11/h2-4,9-10,13H,5-8H2,1H3,(H,16,17). The fourth-order valence-corrected chi connectivity index (χ4v) is 2.49. The molecule has 0 unspecified atom stereocenters. The number of rotatable bonds is 2. The second-order valence-corrected chi connectivity index (χ2v) is 5.38. The van der Waals surface area contributed by atoms with Crippen LogP contribution in [0.2, 0.25) is 5.02 Å². The van der Waals surface area contributed by atoms with E-state index in [2.05, 4.69) is 12.2 Å². The van der Waals surface area contributed by atoms with Gasteiger partial charge in [-0.1, -0.05) is 24.6 Å². The predicted molar refractivity (Wildman–Crippen MR) is 70.3 cm³/mol. The molecular formula is C14H18ClNO. The third-order valence-corrected chi connectivity index (χ3v) is 3.67. The van der Waals surface area contributed by atoms with E-state index in [1.807, 2.05) is 0 Å². The fourth-order valence-electron chi connectivity index (χ4n) is 2.30. The lowest BCUT2D eigenvalue weighted by Crippen LogP contribution is -2.37. The molecular weight excluding hydrogens is 234 g/mol. The van der Waals surface area contributed by atoms with E-state index in [1.54, 1.807) is 24.3 Å². The van der Waals surface area contributed by atoms with E-state index in [9.17, 15) is 4.79 Å². The minimum absolute atomic E-state index is 0.00736. The molecule has 1 amide bonds. The van der Waals surface area contributed by atoms with Gasteiger partial charge in [0.15, 0.2) is 0 Å². The minimum Gasteiger partial charge on any atom is -0.349 e. The number of benzene rings is 1. The molecule has 3 heteroatoms. The van der Waals surface area contributed by atoms with E-state index in [0.29, 0.717) is 16.6 Å². The van der Waals surface area contributed by atoms with Gasteiger partial charge >= 0.3 is 0 Å². The highest BCUT2D eigenvalue weighted by Gasteiger charge is 2.20. The topological polar surface area (TPSA) is 29.1 Å². The zero-order valence-electron chi connectivity index (χ0n) is 10.1. The van der Waals surface area contributed by atoms with Gasteiger partial charge in [-0.2, -0.15) is 0 Å². The first kappa shape index (κ1) is 12.4. The predicted octanol–water partition coefficient (Wildman–Crippen LogP) is 3.65. The van der Waals surface area contributed by atoms with Gasteiger partial charge in [0, 0.05) is 16.6 Å². The molecule has 17 heavy (non-hydrogen) atoms. The summed E-state index contributed by atoms with van der Waals surface area (Å²) in [7, 11) is 0. The van der Waals surface area contributed by atoms with Crippen molar-refractivity contribution in [2.75, 3.05) is 0 Å². The van der Waals surface area contributed by atoms with Gasteiger partial charge in [-0.05, 0) is 49.8 Å². The summed E-state index contributed by atoms with van der Waals surface area (Å²) >= 11 is 5.87. The lowest BCUT2D eigenvalue weighted by atomic mass is 9.87. The van der Waals surface area contributed by atoms with Crippen LogP contribution in [0.25, 0.3) is 0 Å². The Bertz CT molecular complexity index is 397. The quantitative estimate of drug-likeness (QED) is 0.854. The van der Waals surface area contributed by atoms with E-state index in [0.717, 1.165) is 18.8 Å². The lowest BCUT2D eigenvalue weighted by Gasteiger charge is -2.26. The largest absolute Gasteiger partial charge is 0.349 e. The third kappa shape index (κ3) is 3.47. The summed E-state index contributed by atoms with van der Waals surface area (Å²) in [5.74, 6) is 0.793. The molecule has 92 valence electrons. The molecule has 1 fully saturated rings. The maximum Gasteiger partial charge on any atom is 0.251 e. The zero-order chi connectivity index (χ0) is 12.3. The molecule has 1 aromatic rings. The van der Waals surface area contributed by atoms with E-state index < -0.39 is 0 Å². The molecule has 0 spiro atoms. The lowest BCUT2D eigenvalue weighted by molar-refractivity contribution is 0.0923. The van der Waals surface area contributed by atoms with E-state index in [1.165, 1.54) is 12.8 Å². The highest BCUT2D eigenvalue weighted by Crippen LogP contribution is 2.23. The van der Waals surface area contributed by atoms with Crippen LogP contribution < -0.4 is 5.32 Å². The molecule has 2 rings (SSSR count). The third-order valence-electron chi connectivity index (χ3n) is 3.44. The van der Waals surface area contributed by atoms with Crippen molar-refractivity contribution < 1.29 is 4.79 Å². The number of nitrogens with one attached hydrogen (secondary N) is 1. The number of carbonyl (C=O) groups is 1. The molecule has 1 aliphatic rings. The first-order valence-corrected chi connectivity index (χ1v) is 6.59. The van der Waals surface area contributed by atoms with Crippen molar-refractivity contribution in [3.63, 3.8) is 0 Å². The van der Waals surface area contributed by atoms with Crippen molar-refractivity contribution in [2.24, 2.45) is 5.92 Å². The Kier molecular flexibility index (Phi) is 4.06. The molecule has 0 aliphatic heterocycles. The van der Waals surface area contributed by atoms with Gasteiger partial charge in [0.05, 0.1) is 0 Å². The average Bonchev–Trinajstić information content (AvgIpc) is 2.32. The Balaban J connectivity index is 1.93. The van der Waals surface area contributed by atoms with Crippen LogP contribution in [0.4, 0.5) is 0 Å². The van der Waals surface area contributed by atoms with Gasteiger partial charge in [-0.25, -0.2) is 0 Å². The molecule has 0 aromatic heterocycles. The Morgan fingerprint density at radius 2 is 2.00 bits per heavy atom. The van der Waals surface area contributed by atoms with Crippen molar-refractivity contribution in [2.45, 2.75) is 38.6 Å². The van der Waals surface area contributed by atoms with Crippen molar-refractivity contribution >= 4 is 17.5 Å². The van der Waals surface area contributed by atoms with Gasteiger partial charge < -0.3 is 5.32 Å². The van der Waals surface area contributed by atoms with Crippen LogP contribution in [0.1, 0.15) is 43.0 Å². The highest BCUT2D eigenvalue weighted by molar-refractivity contribution is 6.30. The number of carbonyl (C=O) groups excluding carboxylic acids is 1. The maximum absolute atomic E-state index is 12.0. The second kappa shape index (κ2) is 5.54. The van der Waals surface area contributed by atoms with Crippen LogP contribution in [0, 0.1) is 5.92 Å². The van der Waals surface area contributed by atoms with Gasteiger partial charge in [-0.3, -0.25) is 4.79 Å². The van der Waals surface area contributed by atoms with Gasteiger partial charge in [0.25, 0.3) is 5.91 Å². The molecule has 1 N–H and O–H groups in total. The van der Waals surface area contributed by atoms with Crippen LogP contribution in [-0.2, 0) is 0 Å². The molecule has 0 heterocycles. The molecule has 1 aliphatic carbocycles. The number of hydrogen-bond donors (Lipinski definition) is 1. The highest BCUT2D eigenvalue weighted by atomic mass is 35.5. The average molecular weight is 252 g/mol. The van der Waals surface area contributed by atoms with Crippen LogP contribution in [0.3, 0.4) is 0 Å². The van der Waals surface area contributed by atoms with Crippen LogP contribution in [-0.4, -0.2) is 11.9 Å². The van der Waals surface area contributed by atoms with Crippen molar-refractivity contribution in [3.8, 4) is 0 Å². The monoisotopic (exact) mass is 251 g/mol. The van der Waals surface area contributed by atoms with Gasteiger partial charge in [-0.15, -0.1) is 0 Å². The van der Waals surface area contributed by atoms with Crippen molar-refractivity contribution in [1.29, 1.82) is 0 Å². The summed E-state index contributed by atoms with van der Waals surface area (Å²) in [5.41, 5.74) is 0.649. The first-order chi connectivity index (χ1) is 8.15. The Hall–Kier alpha value is -1.02. The first-order valence-electron chi connectivity index (χ1n) is 6.21. The summed E-state index contributed by atoms with van der Waals surface area (Å²) in [6.07, 6.45) is 4.60. The van der Waals surface area contributed by atoms with E-state index in [4.69, 9.17) is 11.6 Å². The van der Waals surface area contributed by atoms with Gasteiger partial charge in [0.2, 0.25) is 0 Å².